The zero-order valence-electron chi connectivity index (χ0n) is 9.79. The molecule has 16 heavy (non-hydrogen) atoms. The molecule has 0 fully saturated rings. The van der Waals surface area contributed by atoms with Gasteiger partial charge in [0.25, 0.3) is 0 Å². The maximum atomic E-state index is 12.6. The molecule has 1 aromatic carbocycles. The van der Waals surface area contributed by atoms with Gasteiger partial charge in [-0.25, -0.2) is 4.39 Å². The third-order valence-corrected chi connectivity index (χ3v) is 2.63. The number of hydrogen-bond donors (Lipinski definition) is 1. The molecule has 1 N–H and O–H groups in total. The second-order valence-corrected chi connectivity index (χ2v) is 4.12. The van der Waals surface area contributed by atoms with E-state index in [0.29, 0.717) is 18.9 Å². The summed E-state index contributed by atoms with van der Waals surface area (Å²) in [5.41, 5.74) is 0.916. The van der Waals surface area contributed by atoms with E-state index in [4.69, 9.17) is 0 Å². The van der Waals surface area contributed by atoms with Gasteiger partial charge in [-0.15, -0.1) is 0 Å². The SMILES string of the molecule is CCC(C)CC(=O)NCc1ccc(F)cc1. The molecule has 0 aliphatic rings. The van der Waals surface area contributed by atoms with Gasteiger partial charge in [-0.05, 0) is 23.6 Å². The number of carbonyl (C=O) groups is 1. The van der Waals surface area contributed by atoms with Crippen molar-refractivity contribution < 1.29 is 9.18 Å². The van der Waals surface area contributed by atoms with Crippen LogP contribution in [0.5, 0.6) is 0 Å². The molecular formula is C13H18FNO. The maximum absolute atomic E-state index is 12.6. The molecule has 0 saturated heterocycles. The van der Waals surface area contributed by atoms with Gasteiger partial charge in [0, 0.05) is 13.0 Å². The quantitative estimate of drug-likeness (QED) is 0.817. The maximum Gasteiger partial charge on any atom is 0.220 e. The highest BCUT2D eigenvalue weighted by molar-refractivity contribution is 5.76. The van der Waals surface area contributed by atoms with Gasteiger partial charge in [-0.2, -0.15) is 0 Å². The van der Waals surface area contributed by atoms with E-state index in [1.165, 1.54) is 12.1 Å². The number of rotatable bonds is 5. The van der Waals surface area contributed by atoms with Gasteiger partial charge in [0.1, 0.15) is 5.82 Å². The standard InChI is InChI=1S/C13H18FNO/c1-3-10(2)8-13(16)15-9-11-4-6-12(14)7-5-11/h4-7,10H,3,8-9H2,1-2H3,(H,15,16). The molecule has 0 spiro atoms. The lowest BCUT2D eigenvalue weighted by atomic mass is 10.1. The van der Waals surface area contributed by atoms with Crippen molar-refractivity contribution in [2.24, 2.45) is 5.92 Å². The lowest BCUT2D eigenvalue weighted by Gasteiger charge is -2.09. The molecular weight excluding hydrogens is 205 g/mol. The summed E-state index contributed by atoms with van der Waals surface area (Å²) in [7, 11) is 0. The van der Waals surface area contributed by atoms with Crippen molar-refractivity contribution >= 4 is 5.91 Å². The minimum absolute atomic E-state index is 0.0543. The molecule has 1 unspecified atom stereocenters. The van der Waals surface area contributed by atoms with Crippen LogP contribution in [0.4, 0.5) is 4.39 Å². The van der Waals surface area contributed by atoms with Crippen molar-refractivity contribution in [3.05, 3.63) is 35.6 Å². The molecule has 0 aliphatic heterocycles. The lowest BCUT2D eigenvalue weighted by Crippen LogP contribution is -2.24. The van der Waals surface area contributed by atoms with Crippen LogP contribution in [0.3, 0.4) is 0 Å². The molecule has 1 aromatic rings. The smallest absolute Gasteiger partial charge is 0.220 e. The van der Waals surface area contributed by atoms with Crippen LogP contribution >= 0.6 is 0 Å². The largest absolute Gasteiger partial charge is 0.352 e. The molecule has 0 aliphatic carbocycles. The average Bonchev–Trinajstić information content (AvgIpc) is 2.28. The van der Waals surface area contributed by atoms with Gasteiger partial charge in [0.15, 0.2) is 0 Å². The van der Waals surface area contributed by atoms with Crippen LogP contribution in [0.2, 0.25) is 0 Å². The van der Waals surface area contributed by atoms with E-state index in [1.54, 1.807) is 12.1 Å². The van der Waals surface area contributed by atoms with Gasteiger partial charge in [-0.3, -0.25) is 4.79 Å². The molecule has 1 amide bonds. The van der Waals surface area contributed by atoms with Crippen LogP contribution < -0.4 is 5.32 Å². The number of halogens is 1. The predicted molar refractivity (Wildman–Crippen MR) is 62.3 cm³/mol. The fraction of sp³-hybridized carbons (Fsp3) is 0.462. The van der Waals surface area contributed by atoms with Gasteiger partial charge in [0.05, 0.1) is 0 Å². The predicted octanol–water partition coefficient (Wildman–Crippen LogP) is 2.88. The van der Waals surface area contributed by atoms with Crippen LogP contribution in [0, 0.1) is 11.7 Å². The number of benzene rings is 1. The van der Waals surface area contributed by atoms with Crippen LogP contribution in [0.25, 0.3) is 0 Å². The van der Waals surface area contributed by atoms with E-state index in [1.807, 2.05) is 0 Å². The van der Waals surface area contributed by atoms with Crippen molar-refractivity contribution in [1.29, 1.82) is 0 Å². The van der Waals surface area contributed by atoms with Crippen LogP contribution in [-0.2, 0) is 11.3 Å². The summed E-state index contributed by atoms with van der Waals surface area (Å²) in [5, 5.41) is 2.82. The molecule has 1 rings (SSSR count). The molecule has 2 nitrogen and oxygen atoms in total. The third kappa shape index (κ3) is 4.43. The Morgan fingerprint density at radius 2 is 2.00 bits per heavy atom. The summed E-state index contributed by atoms with van der Waals surface area (Å²) in [6.07, 6.45) is 1.56. The molecule has 0 saturated carbocycles. The van der Waals surface area contributed by atoms with Crippen LogP contribution in [0.1, 0.15) is 32.3 Å². The Hall–Kier alpha value is -1.38. The molecule has 0 aromatic heterocycles. The number of hydrogen-bond acceptors (Lipinski definition) is 1. The molecule has 3 heteroatoms. The fourth-order valence-corrected chi connectivity index (χ4v) is 1.34. The summed E-state index contributed by atoms with van der Waals surface area (Å²) in [5.74, 6) is 0.210. The second-order valence-electron chi connectivity index (χ2n) is 4.12. The summed E-state index contributed by atoms with van der Waals surface area (Å²) in [6, 6.07) is 6.16. The Bertz CT molecular complexity index is 334. The van der Waals surface area contributed by atoms with Crippen LogP contribution in [-0.4, -0.2) is 5.91 Å². The number of amides is 1. The lowest BCUT2D eigenvalue weighted by molar-refractivity contribution is -0.122. The fourth-order valence-electron chi connectivity index (χ4n) is 1.34. The number of nitrogens with one attached hydrogen (secondary N) is 1. The zero-order valence-corrected chi connectivity index (χ0v) is 9.79. The van der Waals surface area contributed by atoms with Crippen molar-refractivity contribution in [2.45, 2.75) is 33.2 Å². The van der Waals surface area contributed by atoms with Gasteiger partial charge < -0.3 is 5.32 Å². The first-order valence-corrected chi connectivity index (χ1v) is 5.63. The molecule has 0 radical (unpaired) electrons. The molecule has 1 atom stereocenters. The van der Waals surface area contributed by atoms with E-state index >= 15 is 0 Å². The number of carbonyl (C=O) groups excluding carboxylic acids is 1. The Kier molecular flexibility index (Phi) is 4.96. The Morgan fingerprint density at radius 1 is 1.38 bits per heavy atom. The Morgan fingerprint density at radius 3 is 2.56 bits per heavy atom. The summed E-state index contributed by atoms with van der Waals surface area (Å²) < 4.78 is 12.6. The Labute approximate surface area is 95.9 Å². The normalized spacial score (nSPS) is 12.2. The molecule has 0 heterocycles. The van der Waals surface area contributed by atoms with E-state index in [2.05, 4.69) is 19.2 Å². The van der Waals surface area contributed by atoms with Gasteiger partial charge in [0.2, 0.25) is 5.91 Å². The first-order valence-electron chi connectivity index (χ1n) is 5.63. The second kappa shape index (κ2) is 6.26. The third-order valence-electron chi connectivity index (χ3n) is 2.63. The Balaban J connectivity index is 2.34. The van der Waals surface area contributed by atoms with Crippen molar-refractivity contribution in [3.8, 4) is 0 Å². The first kappa shape index (κ1) is 12.7. The van der Waals surface area contributed by atoms with E-state index < -0.39 is 0 Å². The monoisotopic (exact) mass is 223 g/mol. The van der Waals surface area contributed by atoms with E-state index in [-0.39, 0.29) is 11.7 Å². The average molecular weight is 223 g/mol. The van der Waals surface area contributed by atoms with E-state index in [9.17, 15) is 9.18 Å². The van der Waals surface area contributed by atoms with Crippen LogP contribution in [0.15, 0.2) is 24.3 Å². The van der Waals surface area contributed by atoms with Crippen molar-refractivity contribution in [2.75, 3.05) is 0 Å². The minimum atomic E-state index is -0.255. The zero-order chi connectivity index (χ0) is 12.0. The summed E-state index contributed by atoms with van der Waals surface area (Å²) >= 11 is 0. The summed E-state index contributed by atoms with van der Waals surface area (Å²) in [6.45, 7) is 4.59. The van der Waals surface area contributed by atoms with Gasteiger partial charge in [-0.1, -0.05) is 32.4 Å². The molecule has 88 valence electrons. The molecule has 0 bridgehead atoms. The van der Waals surface area contributed by atoms with Crippen molar-refractivity contribution in [1.82, 2.24) is 5.32 Å². The first-order chi connectivity index (χ1) is 7.61. The highest BCUT2D eigenvalue weighted by atomic mass is 19.1. The topological polar surface area (TPSA) is 29.1 Å². The van der Waals surface area contributed by atoms with Crippen molar-refractivity contribution in [3.63, 3.8) is 0 Å². The van der Waals surface area contributed by atoms with Gasteiger partial charge >= 0.3 is 0 Å². The van der Waals surface area contributed by atoms with E-state index in [0.717, 1.165) is 12.0 Å². The highest BCUT2D eigenvalue weighted by Gasteiger charge is 2.06. The minimum Gasteiger partial charge on any atom is -0.352 e. The summed E-state index contributed by atoms with van der Waals surface area (Å²) in [4.78, 5) is 11.5. The highest BCUT2D eigenvalue weighted by Crippen LogP contribution is 2.06.